The molecular formula is C15H14BrClN2O. The molecule has 3 nitrogen and oxygen atoms in total. The molecule has 0 aliphatic carbocycles. The number of hydrogen-bond donors (Lipinski definition) is 2. The summed E-state index contributed by atoms with van der Waals surface area (Å²) in [6.07, 6.45) is 0. The number of carbonyl (C=O) groups excluding carboxylic acids is 1. The van der Waals surface area contributed by atoms with Gasteiger partial charge in [0.2, 0.25) is 5.91 Å². The second-order valence-electron chi connectivity index (χ2n) is 4.35. The van der Waals surface area contributed by atoms with Gasteiger partial charge in [0, 0.05) is 34.3 Å². The van der Waals surface area contributed by atoms with E-state index < -0.39 is 0 Å². The van der Waals surface area contributed by atoms with Crippen molar-refractivity contribution in [2.75, 3.05) is 10.6 Å². The number of hydrogen-bond acceptors (Lipinski definition) is 2. The van der Waals surface area contributed by atoms with Crippen molar-refractivity contribution >= 4 is 44.8 Å². The maximum atomic E-state index is 11.0. The minimum atomic E-state index is -0.0836. The minimum absolute atomic E-state index is 0.0836. The predicted octanol–water partition coefficient (Wildman–Crippen LogP) is 4.67. The van der Waals surface area contributed by atoms with Gasteiger partial charge in [-0.25, -0.2) is 0 Å². The van der Waals surface area contributed by atoms with Crippen LogP contribution in [0.4, 0.5) is 11.4 Å². The number of rotatable bonds is 4. The molecule has 0 atom stereocenters. The Morgan fingerprint density at radius 1 is 1.20 bits per heavy atom. The maximum absolute atomic E-state index is 11.0. The van der Waals surface area contributed by atoms with Crippen LogP contribution in [0.15, 0.2) is 46.9 Å². The van der Waals surface area contributed by atoms with Crippen molar-refractivity contribution in [3.05, 3.63) is 57.5 Å². The third-order valence-electron chi connectivity index (χ3n) is 2.67. The van der Waals surface area contributed by atoms with Crippen LogP contribution in [0.3, 0.4) is 0 Å². The summed E-state index contributed by atoms with van der Waals surface area (Å²) in [7, 11) is 0. The van der Waals surface area contributed by atoms with Crippen molar-refractivity contribution in [3.63, 3.8) is 0 Å². The number of amides is 1. The molecule has 104 valence electrons. The van der Waals surface area contributed by atoms with E-state index in [2.05, 4.69) is 26.6 Å². The lowest BCUT2D eigenvalue weighted by Crippen LogP contribution is -2.06. The van der Waals surface area contributed by atoms with Crippen molar-refractivity contribution in [3.8, 4) is 0 Å². The van der Waals surface area contributed by atoms with Crippen molar-refractivity contribution in [1.82, 2.24) is 0 Å². The number of benzene rings is 2. The first kappa shape index (κ1) is 14.9. The van der Waals surface area contributed by atoms with Gasteiger partial charge < -0.3 is 10.6 Å². The molecule has 0 unspecified atom stereocenters. The van der Waals surface area contributed by atoms with E-state index in [-0.39, 0.29) is 5.91 Å². The molecule has 0 fully saturated rings. The highest BCUT2D eigenvalue weighted by Crippen LogP contribution is 2.23. The summed E-state index contributed by atoms with van der Waals surface area (Å²) in [5.41, 5.74) is 2.78. The largest absolute Gasteiger partial charge is 0.381 e. The monoisotopic (exact) mass is 352 g/mol. The molecule has 0 radical (unpaired) electrons. The Balaban J connectivity index is 2.07. The van der Waals surface area contributed by atoms with Crippen LogP contribution in [0, 0.1) is 0 Å². The van der Waals surface area contributed by atoms with Gasteiger partial charge >= 0.3 is 0 Å². The molecule has 2 N–H and O–H groups in total. The van der Waals surface area contributed by atoms with Gasteiger partial charge in [0.05, 0.1) is 0 Å². The molecule has 0 heterocycles. The van der Waals surface area contributed by atoms with Gasteiger partial charge in [0.25, 0.3) is 0 Å². The normalized spacial score (nSPS) is 10.2. The predicted molar refractivity (Wildman–Crippen MR) is 87.2 cm³/mol. The summed E-state index contributed by atoms with van der Waals surface area (Å²) in [6, 6.07) is 13.3. The van der Waals surface area contributed by atoms with Crippen molar-refractivity contribution in [2.45, 2.75) is 13.5 Å². The standard InChI is InChI=1S/C15H14BrClN2O/c1-10(20)19-14-4-2-3-13(8-14)18-9-11-7-12(17)5-6-15(11)16/h2-8,18H,9H2,1H3,(H,19,20). The Morgan fingerprint density at radius 3 is 2.70 bits per heavy atom. The molecule has 20 heavy (non-hydrogen) atoms. The van der Waals surface area contributed by atoms with Gasteiger partial charge in [-0.15, -0.1) is 0 Å². The van der Waals surface area contributed by atoms with Crippen molar-refractivity contribution in [1.29, 1.82) is 0 Å². The number of carbonyl (C=O) groups is 1. The first-order valence-corrected chi connectivity index (χ1v) is 7.27. The van der Waals surface area contributed by atoms with Crippen LogP contribution in [0.1, 0.15) is 12.5 Å². The van der Waals surface area contributed by atoms with Gasteiger partial charge in [-0.3, -0.25) is 4.79 Å². The lowest BCUT2D eigenvalue weighted by Gasteiger charge is -2.10. The van der Waals surface area contributed by atoms with Crippen LogP contribution in [0.5, 0.6) is 0 Å². The van der Waals surface area contributed by atoms with Crippen LogP contribution in [0.2, 0.25) is 5.02 Å². The van der Waals surface area contributed by atoms with Crippen LogP contribution in [0.25, 0.3) is 0 Å². The van der Waals surface area contributed by atoms with Gasteiger partial charge in [-0.05, 0) is 42.0 Å². The first-order valence-electron chi connectivity index (χ1n) is 6.10. The Hall–Kier alpha value is -1.52. The van der Waals surface area contributed by atoms with Crippen molar-refractivity contribution < 1.29 is 4.79 Å². The maximum Gasteiger partial charge on any atom is 0.221 e. The molecule has 2 rings (SSSR count). The van der Waals surface area contributed by atoms with Gasteiger partial charge in [0.15, 0.2) is 0 Å². The molecule has 5 heteroatoms. The fraction of sp³-hybridized carbons (Fsp3) is 0.133. The molecule has 1 amide bonds. The number of halogens is 2. The van der Waals surface area contributed by atoms with E-state index in [1.807, 2.05) is 42.5 Å². The molecule has 2 aromatic rings. The molecule has 0 bridgehead atoms. The molecule has 0 spiro atoms. The first-order chi connectivity index (χ1) is 9.54. The zero-order valence-electron chi connectivity index (χ0n) is 10.9. The van der Waals surface area contributed by atoms with E-state index in [1.54, 1.807) is 0 Å². The van der Waals surface area contributed by atoms with Crippen LogP contribution in [-0.2, 0) is 11.3 Å². The van der Waals surface area contributed by atoms with E-state index in [1.165, 1.54) is 6.92 Å². The van der Waals surface area contributed by atoms with Gasteiger partial charge in [-0.2, -0.15) is 0 Å². The minimum Gasteiger partial charge on any atom is -0.381 e. The molecule has 2 aromatic carbocycles. The zero-order chi connectivity index (χ0) is 14.5. The molecule has 0 aliphatic rings. The molecule has 0 saturated heterocycles. The third kappa shape index (κ3) is 4.25. The lowest BCUT2D eigenvalue weighted by molar-refractivity contribution is -0.114. The van der Waals surface area contributed by atoms with Crippen LogP contribution >= 0.6 is 27.5 Å². The highest BCUT2D eigenvalue weighted by molar-refractivity contribution is 9.10. The van der Waals surface area contributed by atoms with Crippen molar-refractivity contribution in [2.24, 2.45) is 0 Å². The molecule has 0 aromatic heterocycles. The SMILES string of the molecule is CC(=O)Nc1cccc(NCc2cc(Cl)ccc2Br)c1. The lowest BCUT2D eigenvalue weighted by atomic mass is 10.2. The van der Waals surface area contributed by atoms with Crippen LogP contribution in [-0.4, -0.2) is 5.91 Å². The fourth-order valence-electron chi connectivity index (χ4n) is 1.79. The molecule has 0 aliphatic heterocycles. The summed E-state index contributed by atoms with van der Waals surface area (Å²) in [5, 5.41) is 6.76. The number of anilines is 2. The second-order valence-corrected chi connectivity index (χ2v) is 5.64. The average molecular weight is 354 g/mol. The third-order valence-corrected chi connectivity index (χ3v) is 3.68. The summed E-state index contributed by atoms with van der Waals surface area (Å²) >= 11 is 9.48. The smallest absolute Gasteiger partial charge is 0.221 e. The van der Waals surface area contributed by atoms with Gasteiger partial charge in [-0.1, -0.05) is 33.6 Å². The Morgan fingerprint density at radius 2 is 1.95 bits per heavy atom. The molecule has 0 saturated carbocycles. The average Bonchev–Trinajstić information content (AvgIpc) is 2.39. The topological polar surface area (TPSA) is 41.1 Å². The summed E-state index contributed by atoms with van der Waals surface area (Å²) in [5.74, 6) is -0.0836. The van der Waals surface area contributed by atoms with E-state index in [9.17, 15) is 4.79 Å². The van der Waals surface area contributed by atoms with E-state index in [0.29, 0.717) is 11.6 Å². The fourth-order valence-corrected chi connectivity index (χ4v) is 2.37. The van der Waals surface area contributed by atoms with E-state index in [0.717, 1.165) is 21.4 Å². The zero-order valence-corrected chi connectivity index (χ0v) is 13.3. The Labute approximate surface area is 131 Å². The van der Waals surface area contributed by atoms with E-state index >= 15 is 0 Å². The summed E-state index contributed by atoms with van der Waals surface area (Å²) < 4.78 is 1.01. The summed E-state index contributed by atoms with van der Waals surface area (Å²) in [6.45, 7) is 2.13. The highest BCUT2D eigenvalue weighted by Gasteiger charge is 2.02. The summed E-state index contributed by atoms with van der Waals surface area (Å²) in [4.78, 5) is 11.0. The highest BCUT2D eigenvalue weighted by atomic mass is 79.9. The Bertz CT molecular complexity index is 631. The molecular weight excluding hydrogens is 340 g/mol. The van der Waals surface area contributed by atoms with Gasteiger partial charge in [0.1, 0.15) is 0 Å². The Kier molecular flexibility index (Phi) is 5.04. The number of nitrogens with one attached hydrogen (secondary N) is 2. The van der Waals surface area contributed by atoms with E-state index in [4.69, 9.17) is 11.6 Å². The second kappa shape index (κ2) is 6.77. The van der Waals surface area contributed by atoms with Crippen LogP contribution < -0.4 is 10.6 Å². The quantitative estimate of drug-likeness (QED) is 0.838.